The van der Waals surface area contributed by atoms with Crippen molar-refractivity contribution in [3.8, 4) is 0 Å². The van der Waals surface area contributed by atoms with Gasteiger partial charge in [-0.05, 0) is 0 Å². The van der Waals surface area contributed by atoms with Crippen LogP contribution in [0.15, 0.2) is 10.9 Å². The van der Waals surface area contributed by atoms with Crippen molar-refractivity contribution in [3.63, 3.8) is 0 Å². The second kappa shape index (κ2) is 5.33. The third-order valence-corrected chi connectivity index (χ3v) is 2.09. The van der Waals surface area contributed by atoms with Crippen LogP contribution in [0.2, 0.25) is 0 Å². The summed E-state index contributed by atoms with van der Waals surface area (Å²) in [5.41, 5.74) is 1.95. The average Bonchev–Trinajstić information content (AvgIpc) is 2.70. The lowest BCUT2D eigenvalue weighted by molar-refractivity contribution is -0.140. The summed E-state index contributed by atoms with van der Waals surface area (Å²) >= 11 is 1.35. The van der Waals surface area contributed by atoms with E-state index in [9.17, 15) is 9.59 Å². The first-order valence-electron chi connectivity index (χ1n) is 3.97. The number of methoxy groups -OCH3 is 1. The highest BCUT2D eigenvalue weighted by Crippen LogP contribution is 1.99. The highest BCUT2D eigenvalue weighted by Gasteiger charge is 2.07. The number of carbonyl (C=O) groups excluding carboxylic acids is 2. The largest absolute Gasteiger partial charge is 0.469 e. The van der Waals surface area contributed by atoms with Crippen molar-refractivity contribution in [3.05, 3.63) is 16.6 Å². The van der Waals surface area contributed by atoms with Gasteiger partial charge in [-0.2, -0.15) is 0 Å². The van der Waals surface area contributed by atoms with Gasteiger partial charge in [-0.15, -0.1) is 11.3 Å². The Morgan fingerprint density at radius 2 is 2.43 bits per heavy atom. The third-order valence-electron chi connectivity index (χ3n) is 1.51. The lowest BCUT2D eigenvalue weighted by Gasteiger charge is -2.01. The topological polar surface area (TPSA) is 68.3 Å². The second-order valence-corrected chi connectivity index (χ2v) is 3.17. The van der Waals surface area contributed by atoms with Gasteiger partial charge in [-0.25, -0.2) is 4.98 Å². The molecule has 1 rings (SSSR count). The molecule has 0 aromatic carbocycles. The fourth-order valence-corrected chi connectivity index (χ4v) is 1.33. The Morgan fingerprint density at radius 1 is 1.64 bits per heavy atom. The van der Waals surface area contributed by atoms with Crippen LogP contribution in [0, 0.1) is 0 Å². The maximum Gasteiger partial charge on any atom is 0.307 e. The zero-order valence-corrected chi connectivity index (χ0v) is 8.47. The Hall–Kier alpha value is -1.43. The van der Waals surface area contributed by atoms with Crippen molar-refractivity contribution in [2.45, 2.75) is 6.42 Å². The van der Waals surface area contributed by atoms with E-state index in [-0.39, 0.29) is 24.8 Å². The standard InChI is InChI=1S/C8H10N2O3S/c1-13-7(11)2-3-9-8(12)6-4-14-5-10-6/h4-5H,2-3H2,1H3,(H,9,12). The average molecular weight is 214 g/mol. The smallest absolute Gasteiger partial charge is 0.307 e. The van der Waals surface area contributed by atoms with E-state index in [2.05, 4.69) is 15.0 Å². The normalized spacial score (nSPS) is 9.50. The van der Waals surface area contributed by atoms with Gasteiger partial charge in [0.25, 0.3) is 5.91 Å². The maximum atomic E-state index is 11.3. The number of nitrogens with one attached hydrogen (secondary N) is 1. The summed E-state index contributed by atoms with van der Waals surface area (Å²) < 4.78 is 4.42. The number of amides is 1. The predicted molar refractivity (Wildman–Crippen MR) is 51.1 cm³/mol. The summed E-state index contributed by atoms with van der Waals surface area (Å²) in [5, 5.41) is 4.20. The molecule has 1 aromatic heterocycles. The molecule has 5 nitrogen and oxygen atoms in total. The minimum absolute atomic E-state index is 0.173. The fourth-order valence-electron chi connectivity index (χ4n) is 0.795. The van der Waals surface area contributed by atoms with Crippen molar-refractivity contribution >= 4 is 23.2 Å². The number of rotatable bonds is 4. The van der Waals surface area contributed by atoms with Crippen molar-refractivity contribution in [1.82, 2.24) is 10.3 Å². The summed E-state index contributed by atoms with van der Waals surface area (Å²) in [4.78, 5) is 25.8. The van der Waals surface area contributed by atoms with Crippen LogP contribution in [-0.4, -0.2) is 30.5 Å². The van der Waals surface area contributed by atoms with E-state index in [0.29, 0.717) is 5.69 Å². The lowest BCUT2D eigenvalue weighted by atomic mass is 10.4. The first-order chi connectivity index (χ1) is 6.74. The molecule has 1 aromatic rings. The maximum absolute atomic E-state index is 11.3. The zero-order valence-electron chi connectivity index (χ0n) is 7.65. The Balaban J connectivity index is 2.26. The van der Waals surface area contributed by atoms with Gasteiger partial charge in [0.05, 0.1) is 19.0 Å². The molecule has 0 aliphatic rings. The van der Waals surface area contributed by atoms with Gasteiger partial charge in [0.15, 0.2) is 0 Å². The van der Waals surface area contributed by atoms with E-state index in [0.717, 1.165) is 0 Å². The fraction of sp³-hybridized carbons (Fsp3) is 0.375. The monoisotopic (exact) mass is 214 g/mol. The van der Waals surface area contributed by atoms with Gasteiger partial charge in [0, 0.05) is 11.9 Å². The molecule has 1 N–H and O–H groups in total. The molecule has 0 unspecified atom stereocenters. The van der Waals surface area contributed by atoms with Crippen LogP contribution in [0.25, 0.3) is 0 Å². The van der Waals surface area contributed by atoms with Crippen molar-refractivity contribution in [2.75, 3.05) is 13.7 Å². The molecule has 0 atom stereocenters. The molecule has 14 heavy (non-hydrogen) atoms. The lowest BCUT2D eigenvalue weighted by Crippen LogP contribution is -2.26. The van der Waals surface area contributed by atoms with Crippen LogP contribution in [0.5, 0.6) is 0 Å². The Bertz CT molecular complexity index is 310. The molecule has 0 spiro atoms. The molecular formula is C8H10N2O3S. The van der Waals surface area contributed by atoms with Crippen molar-refractivity contribution in [1.29, 1.82) is 0 Å². The number of thiazole rings is 1. The summed E-state index contributed by atoms with van der Waals surface area (Å²) in [7, 11) is 1.31. The molecule has 0 aliphatic carbocycles. The van der Waals surface area contributed by atoms with Crippen LogP contribution in [0.3, 0.4) is 0 Å². The van der Waals surface area contributed by atoms with E-state index in [1.165, 1.54) is 18.4 Å². The molecule has 0 saturated carbocycles. The molecular weight excluding hydrogens is 204 g/mol. The van der Waals surface area contributed by atoms with Gasteiger partial charge in [0.2, 0.25) is 0 Å². The summed E-state index contributed by atoms with van der Waals surface area (Å²) in [6.45, 7) is 0.267. The van der Waals surface area contributed by atoms with E-state index in [4.69, 9.17) is 0 Å². The summed E-state index contributed by atoms with van der Waals surface area (Å²) in [5.74, 6) is -0.612. The second-order valence-electron chi connectivity index (χ2n) is 2.46. The number of ether oxygens (including phenoxy) is 1. The first-order valence-corrected chi connectivity index (χ1v) is 4.91. The molecule has 76 valence electrons. The zero-order chi connectivity index (χ0) is 10.4. The van der Waals surface area contributed by atoms with Crippen molar-refractivity contribution < 1.29 is 14.3 Å². The Kier molecular flexibility index (Phi) is 4.06. The predicted octanol–water partition coefficient (Wildman–Crippen LogP) is 0.436. The molecule has 0 bridgehead atoms. The molecule has 0 aliphatic heterocycles. The van der Waals surface area contributed by atoms with E-state index in [1.54, 1.807) is 10.9 Å². The van der Waals surface area contributed by atoms with Crippen LogP contribution in [-0.2, 0) is 9.53 Å². The van der Waals surface area contributed by atoms with E-state index >= 15 is 0 Å². The summed E-state index contributed by atoms with van der Waals surface area (Å²) in [6, 6.07) is 0. The van der Waals surface area contributed by atoms with E-state index < -0.39 is 0 Å². The minimum atomic E-state index is -0.344. The van der Waals surface area contributed by atoms with Gasteiger partial charge in [-0.1, -0.05) is 0 Å². The van der Waals surface area contributed by atoms with Crippen LogP contribution >= 0.6 is 11.3 Å². The number of aromatic nitrogens is 1. The highest BCUT2D eigenvalue weighted by atomic mass is 32.1. The molecule has 0 saturated heterocycles. The Morgan fingerprint density at radius 3 is 3.00 bits per heavy atom. The van der Waals surface area contributed by atoms with Crippen molar-refractivity contribution in [2.24, 2.45) is 0 Å². The number of hydrogen-bond donors (Lipinski definition) is 1. The van der Waals surface area contributed by atoms with Gasteiger partial charge in [-0.3, -0.25) is 9.59 Å². The molecule has 1 heterocycles. The SMILES string of the molecule is COC(=O)CCNC(=O)c1cscn1. The minimum Gasteiger partial charge on any atom is -0.469 e. The third kappa shape index (κ3) is 3.14. The van der Waals surface area contributed by atoms with Gasteiger partial charge >= 0.3 is 5.97 Å². The Labute approximate surface area is 85.1 Å². The number of nitrogens with zero attached hydrogens (tertiary/aromatic N) is 1. The molecule has 0 radical (unpaired) electrons. The first kappa shape index (κ1) is 10.6. The molecule has 0 fully saturated rings. The van der Waals surface area contributed by atoms with Crippen LogP contribution in [0.4, 0.5) is 0 Å². The van der Waals surface area contributed by atoms with Crippen LogP contribution in [0.1, 0.15) is 16.9 Å². The molecule has 6 heteroatoms. The molecule has 1 amide bonds. The quantitative estimate of drug-likeness (QED) is 0.738. The highest BCUT2D eigenvalue weighted by molar-refractivity contribution is 7.07. The van der Waals surface area contributed by atoms with Crippen LogP contribution < -0.4 is 5.32 Å². The van der Waals surface area contributed by atoms with Gasteiger partial charge in [0.1, 0.15) is 5.69 Å². The number of esters is 1. The number of carbonyl (C=O) groups is 2. The summed E-state index contributed by atoms with van der Waals surface area (Å²) in [6.07, 6.45) is 0.173. The van der Waals surface area contributed by atoms with Gasteiger partial charge < -0.3 is 10.1 Å². The number of hydrogen-bond acceptors (Lipinski definition) is 5. The van der Waals surface area contributed by atoms with E-state index in [1.807, 2.05) is 0 Å².